The normalized spacial score (nSPS) is 20.7. The predicted molar refractivity (Wildman–Crippen MR) is 70.7 cm³/mol. The summed E-state index contributed by atoms with van der Waals surface area (Å²) in [5, 5.41) is 6.67. The second-order valence-electron chi connectivity index (χ2n) is 4.64. The Morgan fingerprint density at radius 2 is 2.39 bits per heavy atom. The Balaban J connectivity index is 1.94. The fourth-order valence-corrected chi connectivity index (χ4v) is 2.18. The Labute approximate surface area is 107 Å². The largest absolute Gasteiger partial charge is 0.495 e. The van der Waals surface area contributed by atoms with E-state index in [1.807, 2.05) is 0 Å². The van der Waals surface area contributed by atoms with Crippen LogP contribution in [0.4, 0.5) is 10.1 Å². The molecule has 1 aromatic rings. The lowest BCUT2D eigenvalue weighted by Gasteiger charge is -2.31. The number of nitrogens with zero attached hydrogens (tertiary/aromatic N) is 1. The van der Waals surface area contributed by atoms with Gasteiger partial charge < -0.3 is 20.3 Å². The van der Waals surface area contributed by atoms with Gasteiger partial charge in [0.1, 0.15) is 11.6 Å². The standard InChI is InChI=1S/C13H20FN3O/c1-17-6-5-15-11(9-17)8-16-12-7-10(14)3-4-13(12)18-2/h3-4,7,11,15-16H,5-6,8-9H2,1-2H3. The van der Waals surface area contributed by atoms with Gasteiger partial charge in [-0.3, -0.25) is 0 Å². The van der Waals surface area contributed by atoms with E-state index >= 15 is 0 Å². The van der Waals surface area contributed by atoms with Crippen LogP contribution < -0.4 is 15.4 Å². The maximum atomic E-state index is 13.2. The van der Waals surface area contributed by atoms with Gasteiger partial charge >= 0.3 is 0 Å². The number of rotatable bonds is 4. The van der Waals surface area contributed by atoms with Gasteiger partial charge in [-0.05, 0) is 19.2 Å². The summed E-state index contributed by atoms with van der Waals surface area (Å²) in [6, 6.07) is 4.87. The minimum atomic E-state index is -0.257. The lowest BCUT2D eigenvalue weighted by molar-refractivity contribution is 0.244. The number of ether oxygens (including phenoxy) is 1. The first-order valence-electron chi connectivity index (χ1n) is 6.18. The first kappa shape index (κ1) is 13.1. The molecule has 1 aliphatic heterocycles. The molecule has 0 radical (unpaired) electrons. The second kappa shape index (κ2) is 6.02. The van der Waals surface area contributed by atoms with Crippen LogP contribution in [0.25, 0.3) is 0 Å². The Kier molecular flexibility index (Phi) is 4.38. The quantitative estimate of drug-likeness (QED) is 0.844. The first-order valence-corrected chi connectivity index (χ1v) is 6.18. The van der Waals surface area contributed by atoms with Gasteiger partial charge in [-0.25, -0.2) is 4.39 Å². The minimum absolute atomic E-state index is 0.257. The molecule has 2 N–H and O–H groups in total. The summed E-state index contributed by atoms with van der Waals surface area (Å²) in [5.74, 6) is 0.410. The highest BCUT2D eigenvalue weighted by molar-refractivity contribution is 5.56. The van der Waals surface area contributed by atoms with E-state index in [2.05, 4.69) is 22.6 Å². The maximum Gasteiger partial charge on any atom is 0.142 e. The Bertz CT molecular complexity index is 400. The highest BCUT2D eigenvalue weighted by Crippen LogP contribution is 2.24. The second-order valence-corrected chi connectivity index (χ2v) is 4.64. The molecule has 0 aromatic heterocycles. The van der Waals surface area contributed by atoms with E-state index in [-0.39, 0.29) is 5.82 Å². The van der Waals surface area contributed by atoms with E-state index in [1.54, 1.807) is 13.2 Å². The monoisotopic (exact) mass is 253 g/mol. The molecule has 100 valence electrons. The molecule has 1 unspecified atom stereocenters. The number of anilines is 1. The molecule has 4 nitrogen and oxygen atoms in total. The molecule has 0 spiro atoms. The van der Waals surface area contributed by atoms with Crippen LogP contribution in [0.2, 0.25) is 0 Å². The molecule has 1 saturated heterocycles. The molecule has 0 amide bonds. The van der Waals surface area contributed by atoms with Crippen molar-refractivity contribution in [3.05, 3.63) is 24.0 Å². The topological polar surface area (TPSA) is 36.5 Å². The third-order valence-electron chi connectivity index (χ3n) is 3.16. The SMILES string of the molecule is COc1ccc(F)cc1NCC1CN(C)CCN1. The molecule has 1 aliphatic rings. The number of methoxy groups -OCH3 is 1. The van der Waals surface area contributed by atoms with Crippen molar-refractivity contribution in [3.63, 3.8) is 0 Å². The molecule has 0 aliphatic carbocycles. The summed E-state index contributed by atoms with van der Waals surface area (Å²) >= 11 is 0. The fourth-order valence-electron chi connectivity index (χ4n) is 2.18. The van der Waals surface area contributed by atoms with Crippen LogP contribution in [-0.2, 0) is 0 Å². The summed E-state index contributed by atoms with van der Waals surface area (Å²) < 4.78 is 18.4. The van der Waals surface area contributed by atoms with Crippen LogP contribution >= 0.6 is 0 Å². The van der Waals surface area contributed by atoms with Gasteiger partial charge in [0, 0.05) is 38.3 Å². The van der Waals surface area contributed by atoms with E-state index in [1.165, 1.54) is 12.1 Å². The van der Waals surface area contributed by atoms with Crippen molar-refractivity contribution >= 4 is 5.69 Å². The fraction of sp³-hybridized carbons (Fsp3) is 0.538. The van der Waals surface area contributed by atoms with E-state index in [0.29, 0.717) is 17.5 Å². The molecular weight excluding hydrogens is 233 g/mol. The lowest BCUT2D eigenvalue weighted by atomic mass is 10.2. The summed E-state index contributed by atoms with van der Waals surface area (Å²) in [7, 11) is 3.70. The average Bonchev–Trinajstić information content (AvgIpc) is 2.37. The molecule has 0 bridgehead atoms. The average molecular weight is 253 g/mol. The molecule has 1 atom stereocenters. The number of hydrogen-bond acceptors (Lipinski definition) is 4. The van der Waals surface area contributed by atoms with Crippen molar-refractivity contribution in [2.45, 2.75) is 6.04 Å². The smallest absolute Gasteiger partial charge is 0.142 e. The number of hydrogen-bond donors (Lipinski definition) is 2. The molecular formula is C13H20FN3O. The van der Waals surface area contributed by atoms with Gasteiger partial charge in [-0.1, -0.05) is 0 Å². The Morgan fingerprint density at radius 3 is 3.11 bits per heavy atom. The van der Waals surface area contributed by atoms with Crippen molar-refractivity contribution < 1.29 is 9.13 Å². The predicted octanol–water partition coefficient (Wildman–Crippen LogP) is 1.15. The van der Waals surface area contributed by atoms with Crippen LogP contribution in [0, 0.1) is 5.82 Å². The van der Waals surface area contributed by atoms with Crippen LogP contribution in [0.3, 0.4) is 0 Å². The van der Waals surface area contributed by atoms with Crippen molar-refractivity contribution in [1.82, 2.24) is 10.2 Å². The molecule has 5 heteroatoms. The van der Waals surface area contributed by atoms with Crippen molar-refractivity contribution in [1.29, 1.82) is 0 Å². The number of piperazine rings is 1. The zero-order valence-corrected chi connectivity index (χ0v) is 10.9. The summed E-state index contributed by atoms with van der Waals surface area (Å²) in [6.07, 6.45) is 0. The zero-order valence-electron chi connectivity index (χ0n) is 10.9. The number of halogens is 1. The van der Waals surface area contributed by atoms with E-state index < -0.39 is 0 Å². The minimum Gasteiger partial charge on any atom is -0.495 e. The molecule has 0 saturated carbocycles. The van der Waals surface area contributed by atoms with E-state index in [0.717, 1.165) is 26.2 Å². The van der Waals surface area contributed by atoms with Gasteiger partial charge in [0.15, 0.2) is 0 Å². The van der Waals surface area contributed by atoms with Crippen molar-refractivity contribution in [3.8, 4) is 5.75 Å². The molecule has 1 fully saturated rings. The Morgan fingerprint density at radius 1 is 1.56 bits per heavy atom. The van der Waals surface area contributed by atoms with Gasteiger partial charge in [0.2, 0.25) is 0 Å². The van der Waals surface area contributed by atoms with Gasteiger partial charge in [0.05, 0.1) is 12.8 Å². The van der Waals surface area contributed by atoms with Gasteiger partial charge in [-0.2, -0.15) is 0 Å². The highest BCUT2D eigenvalue weighted by Gasteiger charge is 2.16. The van der Waals surface area contributed by atoms with Crippen LogP contribution in [-0.4, -0.2) is 51.3 Å². The number of benzene rings is 1. The molecule has 1 aromatic carbocycles. The highest BCUT2D eigenvalue weighted by atomic mass is 19.1. The third-order valence-corrected chi connectivity index (χ3v) is 3.16. The van der Waals surface area contributed by atoms with Gasteiger partial charge in [0.25, 0.3) is 0 Å². The third kappa shape index (κ3) is 3.34. The summed E-state index contributed by atoms with van der Waals surface area (Å²) in [5.41, 5.74) is 0.701. The lowest BCUT2D eigenvalue weighted by Crippen LogP contribution is -2.51. The van der Waals surface area contributed by atoms with E-state index in [4.69, 9.17) is 4.74 Å². The van der Waals surface area contributed by atoms with Crippen LogP contribution in [0.5, 0.6) is 5.75 Å². The zero-order chi connectivity index (χ0) is 13.0. The van der Waals surface area contributed by atoms with Crippen LogP contribution in [0.1, 0.15) is 0 Å². The summed E-state index contributed by atoms with van der Waals surface area (Å²) in [6.45, 7) is 3.80. The molecule has 18 heavy (non-hydrogen) atoms. The molecule has 1 heterocycles. The summed E-state index contributed by atoms with van der Waals surface area (Å²) in [4.78, 5) is 2.28. The number of nitrogens with one attached hydrogen (secondary N) is 2. The first-order chi connectivity index (χ1) is 8.69. The van der Waals surface area contributed by atoms with E-state index in [9.17, 15) is 4.39 Å². The van der Waals surface area contributed by atoms with Crippen molar-refractivity contribution in [2.75, 3.05) is 45.7 Å². The van der Waals surface area contributed by atoms with Crippen LogP contribution in [0.15, 0.2) is 18.2 Å². The van der Waals surface area contributed by atoms with Gasteiger partial charge in [-0.15, -0.1) is 0 Å². The van der Waals surface area contributed by atoms with Crippen molar-refractivity contribution in [2.24, 2.45) is 0 Å². The maximum absolute atomic E-state index is 13.2. The Hall–Kier alpha value is -1.33. The molecule has 2 rings (SSSR count). The number of likely N-dealkylation sites (N-methyl/N-ethyl adjacent to an activating group) is 1.